The van der Waals surface area contributed by atoms with Gasteiger partial charge < -0.3 is 4.65 Å². The molecule has 3 heteroatoms. The lowest BCUT2D eigenvalue weighted by atomic mass is 9.53. The fraction of sp³-hybridized carbons (Fsp3) is 0. The zero-order valence-electron chi connectivity index (χ0n) is 14.2. The highest BCUT2D eigenvalue weighted by atomic mass is 16.4. The second-order valence-corrected chi connectivity index (χ2v) is 6.42. The second-order valence-electron chi connectivity index (χ2n) is 6.42. The Balaban J connectivity index is 1.69. The van der Waals surface area contributed by atoms with Gasteiger partial charge in [0.05, 0.1) is 0 Å². The molecule has 0 amide bonds. The van der Waals surface area contributed by atoms with Gasteiger partial charge in [-0.1, -0.05) is 78.9 Å². The molecule has 0 fully saturated rings. The summed E-state index contributed by atoms with van der Waals surface area (Å²) >= 11 is 0. The third-order valence-corrected chi connectivity index (χ3v) is 4.84. The topological polar surface area (TPSA) is 22.1 Å². The molecular weight excluding hydrogens is 317 g/mol. The Bertz CT molecular complexity index is 1080. The van der Waals surface area contributed by atoms with Crippen LogP contribution in [0.5, 0.6) is 5.75 Å². The molecule has 0 aliphatic carbocycles. The number of hydrogen-bond acceptors (Lipinski definition) is 2. The fourth-order valence-electron chi connectivity index (χ4n) is 3.58. The van der Waals surface area contributed by atoms with Crippen molar-refractivity contribution < 1.29 is 4.65 Å². The average molecular weight is 333 g/mol. The molecule has 0 saturated carbocycles. The predicted molar refractivity (Wildman–Crippen MR) is 109 cm³/mol. The van der Waals surface area contributed by atoms with Crippen LogP contribution in [0.2, 0.25) is 0 Å². The van der Waals surface area contributed by atoms with Gasteiger partial charge in [-0.25, -0.2) is 0 Å². The van der Waals surface area contributed by atoms with Crippen molar-refractivity contribution in [1.29, 1.82) is 0 Å². The van der Waals surface area contributed by atoms with Gasteiger partial charge in [0.15, 0.2) is 0 Å². The molecule has 1 aliphatic heterocycles. The first kappa shape index (κ1) is 15.0. The maximum Gasteiger partial charge on any atom is 0.427 e. The maximum atomic E-state index is 6.60. The summed E-state index contributed by atoms with van der Waals surface area (Å²) in [5.74, 6) is 0.805. The number of pyridine rings is 1. The molecule has 0 unspecified atom stereocenters. The smallest absolute Gasteiger partial charge is 0.427 e. The monoisotopic (exact) mass is 333 g/mol. The summed E-state index contributed by atoms with van der Waals surface area (Å²) in [4.78, 5) is 4.54. The van der Waals surface area contributed by atoms with E-state index in [9.17, 15) is 0 Å². The Morgan fingerprint density at radius 2 is 1.31 bits per heavy atom. The number of para-hydroxylation sites is 1. The van der Waals surface area contributed by atoms with Crippen LogP contribution >= 0.6 is 0 Å². The van der Waals surface area contributed by atoms with Gasteiger partial charge in [0.1, 0.15) is 11.3 Å². The highest BCUT2D eigenvalue weighted by Gasteiger charge is 2.29. The molecule has 1 aromatic heterocycles. The molecule has 0 radical (unpaired) electrons. The van der Waals surface area contributed by atoms with Crippen molar-refractivity contribution in [3.63, 3.8) is 0 Å². The zero-order valence-corrected chi connectivity index (χ0v) is 14.2. The summed E-state index contributed by atoms with van der Waals surface area (Å²) in [5, 5.41) is 1.08. The van der Waals surface area contributed by atoms with E-state index in [0.29, 0.717) is 0 Å². The number of benzene rings is 3. The van der Waals surface area contributed by atoms with Crippen LogP contribution in [-0.2, 0) is 0 Å². The van der Waals surface area contributed by atoms with Crippen LogP contribution in [0.4, 0.5) is 0 Å². The molecule has 2 nitrogen and oxygen atoms in total. The van der Waals surface area contributed by atoms with Gasteiger partial charge >= 0.3 is 6.92 Å². The number of nitrogens with zero attached hydrogens (tertiary/aromatic N) is 1. The van der Waals surface area contributed by atoms with E-state index in [1.165, 1.54) is 22.1 Å². The molecule has 26 heavy (non-hydrogen) atoms. The third-order valence-electron chi connectivity index (χ3n) is 4.84. The Hall–Kier alpha value is -3.33. The molecule has 0 N–H and O–H groups in total. The van der Waals surface area contributed by atoms with Gasteiger partial charge in [-0.15, -0.1) is 0 Å². The van der Waals surface area contributed by atoms with E-state index in [1.54, 1.807) is 0 Å². The van der Waals surface area contributed by atoms with Crippen LogP contribution in [0.1, 0.15) is 11.1 Å². The van der Waals surface area contributed by atoms with E-state index in [4.69, 9.17) is 4.65 Å². The van der Waals surface area contributed by atoms with Crippen molar-refractivity contribution in [2.24, 2.45) is 0 Å². The van der Waals surface area contributed by atoms with Crippen molar-refractivity contribution in [1.82, 2.24) is 4.98 Å². The summed E-state index contributed by atoms with van der Waals surface area (Å²) in [6.07, 6.45) is 6.14. The van der Waals surface area contributed by atoms with Gasteiger partial charge in [-0.05, 0) is 34.2 Å². The molecule has 0 atom stereocenters. The normalized spacial score (nSPS) is 12.4. The molecule has 5 rings (SSSR count). The number of hydrogen-bond donors (Lipinski definition) is 0. The fourth-order valence-corrected chi connectivity index (χ4v) is 3.58. The minimum atomic E-state index is -0.176. The SMILES string of the molecule is C1=Cc2ccccc2B(Oc2cccc3cccnc23)c2ccccc21. The third kappa shape index (κ3) is 2.49. The molecule has 0 saturated heterocycles. The number of fused-ring (bicyclic) bond motifs is 3. The summed E-state index contributed by atoms with van der Waals surface area (Å²) in [7, 11) is 0. The minimum absolute atomic E-state index is 0.176. The molecule has 0 spiro atoms. The van der Waals surface area contributed by atoms with Crippen LogP contribution in [-0.4, -0.2) is 11.9 Å². The Morgan fingerprint density at radius 3 is 2.04 bits per heavy atom. The van der Waals surface area contributed by atoms with Crippen LogP contribution in [0.25, 0.3) is 23.1 Å². The zero-order chi connectivity index (χ0) is 17.3. The first-order valence-corrected chi connectivity index (χ1v) is 8.76. The summed E-state index contributed by atoms with van der Waals surface area (Å²) < 4.78 is 6.60. The van der Waals surface area contributed by atoms with E-state index in [-0.39, 0.29) is 6.92 Å². The molecule has 122 valence electrons. The van der Waals surface area contributed by atoms with Gasteiger partial charge in [-0.3, -0.25) is 4.98 Å². The molecular formula is C23H16BNO. The molecule has 0 bridgehead atoms. The lowest BCUT2D eigenvalue weighted by Crippen LogP contribution is -2.49. The van der Waals surface area contributed by atoms with Crippen LogP contribution in [0.3, 0.4) is 0 Å². The Kier molecular flexibility index (Phi) is 3.57. The lowest BCUT2D eigenvalue weighted by Gasteiger charge is -2.19. The first-order chi connectivity index (χ1) is 12.9. The summed E-state index contributed by atoms with van der Waals surface area (Å²) in [5.41, 5.74) is 5.59. The van der Waals surface area contributed by atoms with E-state index >= 15 is 0 Å². The van der Waals surface area contributed by atoms with Gasteiger partial charge in [0, 0.05) is 11.6 Å². The number of rotatable bonds is 2. The highest BCUT2D eigenvalue weighted by molar-refractivity contribution is 6.82. The van der Waals surface area contributed by atoms with E-state index in [1.807, 2.05) is 24.4 Å². The highest BCUT2D eigenvalue weighted by Crippen LogP contribution is 2.24. The average Bonchev–Trinajstić information content (AvgIpc) is 2.86. The maximum absolute atomic E-state index is 6.60. The van der Waals surface area contributed by atoms with Gasteiger partial charge in [-0.2, -0.15) is 0 Å². The summed E-state index contributed by atoms with van der Waals surface area (Å²) in [6, 6.07) is 26.9. The van der Waals surface area contributed by atoms with Crippen molar-refractivity contribution in [2.75, 3.05) is 0 Å². The van der Waals surface area contributed by atoms with Crippen molar-refractivity contribution >= 4 is 40.9 Å². The van der Waals surface area contributed by atoms with Gasteiger partial charge in [0.2, 0.25) is 0 Å². The molecule has 1 aliphatic rings. The van der Waals surface area contributed by atoms with Crippen LogP contribution in [0.15, 0.2) is 85.1 Å². The predicted octanol–water partition coefficient (Wildman–Crippen LogP) is 3.90. The molecule has 2 heterocycles. The number of aromatic nitrogens is 1. The largest absolute Gasteiger partial charge is 0.550 e. The standard InChI is InChI=1S/C23H16BNO/c1-3-11-20-17(7-1)14-15-18-8-2-4-12-21(18)24(20)26-22-13-5-9-19-10-6-16-25-23(19)22/h1-16H. The Labute approximate surface area is 152 Å². The van der Waals surface area contributed by atoms with Crippen LogP contribution < -0.4 is 15.6 Å². The molecule has 4 aromatic rings. The van der Waals surface area contributed by atoms with Crippen molar-refractivity contribution in [2.45, 2.75) is 0 Å². The second kappa shape index (κ2) is 6.19. The van der Waals surface area contributed by atoms with Crippen molar-refractivity contribution in [3.8, 4) is 5.75 Å². The lowest BCUT2D eigenvalue weighted by molar-refractivity contribution is 0.597. The van der Waals surface area contributed by atoms with Crippen LogP contribution in [0, 0.1) is 0 Å². The Morgan fingerprint density at radius 1 is 0.654 bits per heavy atom. The van der Waals surface area contributed by atoms with E-state index < -0.39 is 0 Å². The minimum Gasteiger partial charge on any atom is -0.550 e. The van der Waals surface area contributed by atoms with E-state index in [0.717, 1.165) is 16.7 Å². The first-order valence-electron chi connectivity index (χ1n) is 8.76. The van der Waals surface area contributed by atoms with E-state index in [2.05, 4.69) is 77.8 Å². The van der Waals surface area contributed by atoms with Crippen molar-refractivity contribution in [3.05, 3.63) is 96.2 Å². The molecule has 3 aromatic carbocycles. The van der Waals surface area contributed by atoms with Gasteiger partial charge in [0.25, 0.3) is 0 Å². The summed E-state index contributed by atoms with van der Waals surface area (Å²) in [6.45, 7) is -0.176. The quantitative estimate of drug-likeness (QED) is 0.519.